The molecule has 0 heterocycles. The predicted octanol–water partition coefficient (Wildman–Crippen LogP) is 4.55. The van der Waals surface area contributed by atoms with Crippen molar-refractivity contribution >= 4 is 0 Å². The molecule has 2 heteroatoms. The molecular weight excluding hydrogens is 234 g/mol. The van der Waals surface area contributed by atoms with E-state index >= 15 is 0 Å². The number of methoxy groups -OCH3 is 1. The Kier molecular flexibility index (Phi) is 10.3. The summed E-state index contributed by atoms with van der Waals surface area (Å²) in [6.45, 7) is 13.9. The highest BCUT2D eigenvalue weighted by atomic mass is 16.5. The van der Waals surface area contributed by atoms with Crippen LogP contribution in [0.25, 0.3) is 0 Å². The lowest BCUT2D eigenvalue weighted by Crippen LogP contribution is -2.48. The highest BCUT2D eigenvalue weighted by molar-refractivity contribution is 4.86. The molecule has 0 fully saturated rings. The fourth-order valence-electron chi connectivity index (χ4n) is 2.64. The van der Waals surface area contributed by atoms with Crippen molar-refractivity contribution in [3.8, 4) is 0 Å². The molecule has 0 amide bonds. The monoisotopic (exact) mass is 269 g/mol. The zero-order valence-electron chi connectivity index (χ0n) is 13.8. The van der Waals surface area contributed by atoms with Crippen LogP contribution in [0.2, 0.25) is 0 Å². The number of unbranched alkanes of at least 4 members (excludes halogenated alkanes) is 3. The molecule has 0 aliphatic rings. The third kappa shape index (κ3) is 8.43. The molecule has 0 bridgehead atoms. The van der Waals surface area contributed by atoms with Crippen molar-refractivity contribution in [2.45, 2.75) is 78.4 Å². The zero-order valence-corrected chi connectivity index (χ0v) is 13.8. The summed E-state index contributed by atoms with van der Waals surface area (Å²) >= 11 is 0. The lowest BCUT2D eigenvalue weighted by atomic mass is 9.82. The molecule has 0 spiro atoms. The second-order valence-corrected chi connectivity index (χ2v) is 6.51. The van der Waals surface area contributed by atoms with E-state index in [4.69, 9.17) is 4.74 Å². The zero-order chi connectivity index (χ0) is 14.7. The molecular formula is C17H35NO. The summed E-state index contributed by atoms with van der Waals surface area (Å²) in [6, 6.07) is 0.466. The van der Waals surface area contributed by atoms with Crippen molar-refractivity contribution < 1.29 is 4.74 Å². The number of nitrogens with one attached hydrogen (secondary N) is 1. The summed E-state index contributed by atoms with van der Waals surface area (Å²) in [4.78, 5) is 0. The van der Waals surface area contributed by atoms with Gasteiger partial charge in [-0.3, -0.25) is 0 Å². The van der Waals surface area contributed by atoms with Gasteiger partial charge in [0.05, 0.1) is 6.10 Å². The maximum absolute atomic E-state index is 5.77. The number of hydrogen-bond acceptors (Lipinski definition) is 2. The van der Waals surface area contributed by atoms with Crippen molar-refractivity contribution in [3.05, 3.63) is 12.7 Å². The van der Waals surface area contributed by atoms with E-state index in [9.17, 15) is 0 Å². The molecule has 114 valence electrons. The molecule has 0 aliphatic carbocycles. The van der Waals surface area contributed by atoms with Gasteiger partial charge in [-0.25, -0.2) is 0 Å². The smallest absolute Gasteiger partial charge is 0.0772 e. The van der Waals surface area contributed by atoms with Crippen LogP contribution in [0.15, 0.2) is 12.7 Å². The first-order valence-corrected chi connectivity index (χ1v) is 7.84. The largest absolute Gasteiger partial charge is 0.379 e. The maximum atomic E-state index is 5.77. The second kappa shape index (κ2) is 10.4. The fraction of sp³-hybridized carbons (Fsp3) is 0.882. The van der Waals surface area contributed by atoms with Crippen LogP contribution in [0.3, 0.4) is 0 Å². The topological polar surface area (TPSA) is 21.3 Å². The van der Waals surface area contributed by atoms with E-state index in [1.54, 1.807) is 0 Å². The van der Waals surface area contributed by atoms with Gasteiger partial charge in [0.1, 0.15) is 0 Å². The Balaban J connectivity index is 4.30. The molecule has 0 aromatic carbocycles. The molecule has 0 saturated carbocycles. The first kappa shape index (κ1) is 18.7. The van der Waals surface area contributed by atoms with E-state index in [1.807, 2.05) is 13.2 Å². The second-order valence-electron chi connectivity index (χ2n) is 6.51. The SMILES string of the molecule is C=CCCCCCC(NCCC)C(OC)C(C)(C)C. The molecule has 2 unspecified atom stereocenters. The van der Waals surface area contributed by atoms with Crippen LogP contribution >= 0.6 is 0 Å². The summed E-state index contributed by atoms with van der Waals surface area (Å²) in [7, 11) is 1.84. The number of ether oxygens (including phenoxy) is 1. The Morgan fingerprint density at radius 2 is 1.89 bits per heavy atom. The van der Waals surface area contributed by atoms with Gasteiger partial charge in [-0.1, -0.05) is 46.6 Å². The summed E-state index contributed by atoms with van der Waals surface area (Å²) in [5.74, 6) is 0. The van der Waals surface area contributed by atoms with E-state index in [0.717, 1.165) is 13.0 Å². The molecule has 0 aromatic rings. The Morgan fingerprint density at radius 1 is 1.21 bits per heavy atom. The molecule has 0 rings (SSSR count). The standard InChI is InChI=1S/C17H35NO/c1-7-9-10-11-12-13-15(18-14-8-2)16(19-6)17(3,4)5/h7,15-16,18H,1,8-14H2,2-6H3. The summed E-state index contributed by atoms with van der Waals surface area (Å²) in [6.07, 6.45) is 9.62. The minimum atomic E-state index is 0.182. The number of hydrogen-bond donors (Lipinski definition) is 1. The summed E-state index contributed by atoms with van der Waals surface area (Å²) in [5.41, 5.74) is 0.182. The van der Waals surface area contributed by atoms with Crippen molar-refractivity contribution in [1.82, 2.24) is 5.32 Å². The highest BCUT2D eigenvalue weighted by Gasteiger charge is 2.31. The minimum Gasteiger partial charge on any atom is -0.379 e. The third-order valence-electron chi connectivity index (χ3n) is 3.55. The van der Waals surface area contributed by atoms with Crippen LogP contribution in [0, 0.1) is 5.41 Å². The van der Waals surface area contributed by atoms with Crippen molar-refractivity contribution in [1.29, 1.82) is 0 Å². The summed E-state index contributed by atoms with van der Waals surface area (Å²) in [5, 5.41) is 3.67. The quantitative estimate of drug-likeness (QED) is 0.439. The molecule has 0 radical (unpaired) electrons. The first-order valence-electron chi connectivity index (χ1n) is 7.84. The van der Waals surface area contributed by atoms with Crippen molar-refractivity contribution in [2.24, 2.45) is 5.41 Å². The molecule has 0 saturated heterocycles. The lowest BCUT2D eigenvalue weighted by Gasteiger charge is -2.36. The Hall–Kier alpha value is -0.340. The van der Waals surface area contributed by atoms with Crippen molar-refractivity contribution in [2.75, 3.05) is 13.7 Å². The Labute approximate surface area is 121 Å². The molecule has 0 aromatic heterocycles. The predicted molar refractivity (Wildman–Crippen MR) is 85.6 cm³/mol. The van der Waals surface area contributed by atoms with Crippen LogP contribution in [0.1, 0.15) is 66.2 Å². The lowest BCUT2D eigenvalue weighted by molar-refractivity contribution is -0.0136. The number of allylic oxidation sites excluding steroid dienone is 1. The maximum Gasteiger partial charge on any atom is 0.0772 e. The Bertz CT molecular complexity index is 220. The van der Waals surface area contributed by atoms with E-state index < -0.39 is 0 Å². The van der Waals surface area contributed by atoms with Gasteiger partial charge in [-0.05, 0) is 37.6 Å². The third-order valence-corrected chi connectivity index (χ3v) is 3.55. The average molecular weight is 269 g/mol. The van der Waals surface area contributed by atoms with Gasteiger partial charge in [0, 0.05) is 13.2 Å². The molecule has 19 heavy (non-hydrogen) atoms. The molecule has 2 nitrogen and oxygen atoms in total. The minimum absolute atomic E-state index is 0.182. The molecule has 2 atom stereocenters. The highest BCUT2D eigenvalue weighted by Crippen LogP contribution is 2.27. The van der Waals surface area contributed by atoms with Crippen LogP contribution in [0.5, 0.6) is 0 Å². The van der Waals surface area contributed by atoms with E-state index in [0.29, 0.717) is 6.04 Å². The molecule has 1 N–H and O–H groups in total. The van der Waals surface area contributed by atoms with Crippen molar-refractivity contribution in [3.63, 3.8) is 0 Å². The first-order chi connectivity index (χ1) is 8.97. The fourth-order valence-corrected chi connectivity index (χ4v) is 2.64. The Morgan fingerprint density at radius 3 is 2.37 bits per heavy atom. The van der Waals surface area contributed by atoms with Gasteiger partial charge in [0.2, 0.25) is 0 Å². The average Bonchev–Trinajstić information content (AvgIpc) is 2.34. The van der Waals surface area contributed by atoms with Gasteiger partial charge in [0.25, 0.3) is 0 Å². The van der Waals surface area contributed by atoms with Gasteiger partial charge in [0.15, 0.2) is 0 Å². The van der Waals surface area contributed by atoms with E-state index in [1.165, 1.54) is 32.1 Å². The van der Waals surface area contributed by atoms with Gasteiger partial charge < -0.3 is 10.1 Å². The van der Waals surface area contributed by atoms with Crippen LogP contribution in [-0.2, 0) is 4.74 Å². The van der Waals surface area contributed by atoms with Gasteiger partial charge in [-0.2, -0.15) is 0 Å². The summed E-state index contributed by atoms with van der Waals surface area (Å²) < 4.78 is 5.77. The van der Waals surface area contributed by atoms with E-state index in [2.05, 4.69) is 39.6 Å². The van der Waals surface area contributed by atoms with Crippen LogP contribution in [0.4, 0.5) is 0 Å². The van der Waals surface area contributed by atoms with E-state index in [-0.39, 0.29) is 11.5 Å². The molecule has 0 aliphatic heterocycles. The van der Waals surface area contributed by atoms with Gasteiger partial charge in [-0.15, -0.1) is 6.58 Å². The normalized spacial score (nSPS) is 15.2. The van der Waals surface area contributed by atoms with Crippen LogP contribution < -0.4 is 5.32 Å². The number of rotatable bonds is 11. The van der Waals surface area contributed by atoms with Gasteiger partial charge >= 0.3 is 0 Å². The van der Waals surface area contributed by atoms with Crippen LogP contribution in [-0.4, -0.2) is 25.8 Å².